The van der Waals surface area contributed by atoms with Gasteiger partial charge in [0, 0.05) is 21.8 Å². The molecule has 0 spiro atoms. The number of rotatable bonds is 4. The van der Waals surface area contributed by atoms with Gasteiger partial charge in [-0.2, -0.15) is 0 Å². The van der Waals surface area contributed by atoms with Crippen molar-refractivity contribution in [1.82, 2.24) is 0 Å². The summed E-state index contributed by atoms with van der Waals surface area (Å²) in [5.41, 5.74) is 16.8. The molecule has 1 aromatic heterocycles. The lowest BCUT2D eigenvalue weighted by atomic mass is 9.76. The van der Waals surface area contributed by atoms with Crippen LogP contribution in [0, 0.1) is 0 Å². The highest BCUT2D eigenvalue weighted by Crippen LogP contribution is 2.57. The van der Waals surface area contributed by atoms with E-state index in [1.165, 1.54) is 98.7 Å². The molecule has 0 saturated heterocycles. The molecule has 0 aliphatic heterocycles. The van der Waals surface area contributed by atoms with Gasteiger partial charge < -0.3 is 4.42 Å². The van der Waals surface area contributed by atoms with Gasteiger partial charge in [0.1, 0.15) is 11.2 Å². The molecule has 0 fully saturated rings. The van der Waals surface area contributed by atoms with Crippen molar-refractivity contribution in [1.29, 1.82) is 0 Å². The molecule has 0 unspecified atom stereocenters. The Morgan fingerprint density at radius 1 is 0.290 bits per heavy atom. The van der Waals surface area contributed by atoms with Gasteiger partial charge >= 0.3 is 0 Å². The summed E-state index contributed by atoms with van der Waals surface area (Å²) in [7, 11) is 0. The predicted octanol–water partition coefficient (Wildman–Crippen LogP) is 17.2. The number of hydrogen-bond acceptors (Lipinski definition) is 1. The number of benzene rings is 11. The van der Waals surface area contributed by atoms with Crippen LogP contribution in [0.25, 0.3) is 121 Å². The maximum absolute atomic E-state index is 6.63. The first kappa shape index (κ1) is 35.1. The van der Waals surface area contributed by atoms with Crippen LogP contribution >= 0.6 is 0 Å². The predicted molar refractivity (Wildman–Crippen MR) is 263 cm³/mol. The zero-order valence-electron chi connectivity index (χ0n) is 34.5. The van der Waals surface area contributed by atoms with E-state index in [9.17, 15) is 0 Å². The van der Waals surface area contributed by atoms with E-state index in [0.717, 1.165) is 33.1 Å². The molecule has 1 aliphatic rings. The van der Waals surface area contributed by atoms with Crippen LogP contribution in [0.4, 0.5) is 0 Å². The van der Waals surface area contributed by atoms with Gasteiger partial charge in [-0.05, 0) is 116 Å². The molecule has 0 N–H and O–H groups in total. The molecule has 1 aliphatic carbocycles. The topological polar surface area (TPSA) is 13.1 Å². The second-order valence-corrected chi connectivity index (χ2v) is 17.4. The molecule has 1 nitrogen and oxygen atoms in total. The van der Waals surface area contributed by atoms with E-state index in [-0.39, 0.29) is 5.41 Å². The molecule has 0 radical (unpaired) electrons. The third-order valence-corrected chi connectivity index (χ3v) is 13.8. The summed E-state index contributed by atoms with van der Waals surface area (Å²) in [6.45, 7) is 4.86. The second kappa shape index (κ2) is 13.1. The molecule has 0 amide bonds. The Balaban J connectivity index is 1.03. The summed E-state index contributed by atoms with van der Waals surface area (Å²) in [6, 6.07) is 75.9. The van der Waals surface area contributed by atoms with Crippen LogP contribution in [0.3, 0.4) is 0 Å². The summed E-state index contributed by atoms with van der Waals surface area (Å²) in [6.07, 6.45) is 0. The normalized spacial score (nSPS) is 13.1. The van der Waals surface area contributed by atoms with Crippen molar-refractivity contribution < 1.29 is 4.42 Å². The summed E-state index contributed by atoms with van der Waals surface area (Å²) in [5.74, 6) is 0. The fourth-order valence-electron chi connectivity index (χ4n) is 11.3. The Morgan fingerprint density at radius 2 is 0.742 bits per heavy atom. The Labute approximate surface area is 360 Å². The molecule has 1 heteroatoms. The molecule has 0 saturated carbocycles. The van der Waals surface area contributed by atoms with E-state index < -0.39 is 0 Å². The minimum Gasteiger partial charge on any atom is -0.455 e. The van der Waals surface area contributed by atoms with Crippen LogP contribution in [0.2, 0.25) is 0 Å². The Kier molecular flexibility index (Phi) is 7.42. The SMILES string of the molecule is CC1(C)c2c(-c3cccc(-c4c5ccccc5c(-c5ccccc5-c5cccc6c5oc5ccccc56)c5ccccc45)c3)cccc2-c2c1c1ccccc1c1ccccc21. The molecule has 12 aromatic rings. The van der Waals surface area contributed by atoms with Crippen LogP contribution in [0.1, 0.15) is 25.0 Å². The quantitative estimate of drug-likeness (QED) is 0.128. The van der Waals surface area contributed by atoms with Crippen LogP contribution < -0.4 is 0 Å². The zero-order chi connectivity index (χ0) is 41.1. The first-order valence-electron chi connectivity index (χ1n) is 21.7. The molecular weight excluding hydrogens is 749 g/mol. The van der Waals surface area contributed by atoms with Gasteiger partial charge in [0.2, 0.25) is 0 Å². The van der Waals surface area contributed by atoms with Crippen LogP contribution in [-0.4, -0.2) is 0 Å². The highest BCUT2D eigenvalue weighted by Gasteiger charge is 2.40. The van der Waals surface area contributed by atoms with Gasteiger partial charge in [-0.1, -0.05) is 208 Å². The fourth-order valence-corrected chi connectivity index (χ4v) is 11.3. The molecular formula is C61H40O. The number of fused-ring (bicyclic) bond motifs is 13. The van der Waals surface area contributed by atoms with Crippen LogP contribution in [0.5, 0.6) is 0 Å². The Bertz CT molecular complexity index is 3780. The van der Waals surface area contributed by atoms with Gasteiger partial charge in [0.15, 0.2) is 0 Å². The van der Waals surface area contributed by atoms with Crippen molar-refractivity contribution in [2.24, 2.45) is 0 Å². The van der Waals surface area contributed by atoms with Gasteiger partial charge in [-0.25, -0.2) is 0 Å². The summed E-state index contributed by atoms with van der Waals surface area (Å²) < 4.78 is 6.63. The number of para-hydroxylation sites is 2. The van der Waals surface area contributed by atoms with E-state index in [1.807, 2.05) is 6.07 Å². The number of hydrogen-bond donors (Lipinski definition) is 0. The Hall–Kier alpha value is -7.74. The maximum Gasteiger partial charge on any atom is 0.143 e. The smallest absolute Gasteiger partial charge is 0.143 e. The molecule has 0 bridgehead atoms. The monoisotopic (exact) mass is 788 g/mol. The van der Waals surface area contributed by atoms with E-state index in [0.29, 0.717) is 0 Å². The largest absolute Gasteiger partial charge is 0.455 e. The fraction of sp³-hybridized carbons (Fsp3) is 0.0492. The van der Waals surface area contributed by atoms with Gasteiger partial charge in [0.05, 0.1) is 0 Å². The first-order valence-corrected chi connectivity index (χ1v) is 21.7. The first-order chi connectivity index (χ1) is 30.6. The third-order valence-electron chi connectivity index (χ3n) is 13.8. The molecule has 13 rings (SSSR count). The van der Waals surface area contributed by atoms with Crippen molar-refractivity contribution in [3.8, 4) is 55.6 Å². The minimum atomic E-state index is -0.220. The lowest BCUT2D eigenvalue weighted by Crippen LogP contribution is -2.17. The van der Waals surface area contributed by atoms with Crippen molar-refractivity contribution in [3.05, 3.63) is 217 Å². The minimum absolute atomic E-state index is 0.220. The third kappa shape index (κ3) is 4.85. The molecule has 0 atom stereocenters. The molecule has 11 aromatic carbocycles. The number of furan rings is 1. The van der Waals surface area contributed by atoms with Crippen LogP contribution in [0.15, 0.2) is 211 Å². The highest BCUT2D eigenvalue weighted by atomic mass is 16.3. The van der Waals surface area contributed by atoms with Crippen LogP contribution in [-0.2, 0) is 5.41 Å². The van der Waals surface area contributed by atoms with Gasteiger partial charge in [0.25, 0.3) is 0 Å². The van der Waals surface area contributed by atoms with E-state index in [2.05, 4.69) is 214 Å². The summed E-state index contributed by atoms with van der Waals surface area (Å²) >= 11 is 0. The van der Waals surface area contributed by atoms with Gasteiger partial charge in [-0.3, -0.25) is 0 Å². The Morgan fingerprint density at radius 3 is 1.45 bits per heavy atom. The molecule has 1 heterocycles. The van der Waals surface area contributed by atoms with Crippen molar-refractivity contribution in [2.45, 2.75) is 19.3 Å². The average molecular weight is 789 g/mol. The lowest BCUT2D eigenvalue weighted by molar-refractivity contribution is 0.668. The van der Waals surface area contributed by atoms with E-state index in [1.54, 1.807) is 0 Å². The zero-order valence-corrected chi connectivity index (χ0v) is 34.5. The summed E-state index contributed by atoms with van der Waals surface area (Å²) in [5, 5.41) is 12.5. The average Bonchev–Trinajstić information content (AvgIpc) is 3.83. The highest BCUT2D eigenvalue weighted by molar-refractivity contribution is 6.23. The van der Waals surface area contributed by atoms with Crippen molar-refractivity contribution in [3.63, 3.8) is 0 Å². The lowest BCUT2D eigenvalue weighted by Gasteiger charge is -2.26. The van der Waals surface area contributed by atoms with Crippen molar-refractivity contribution >= 4 is 65.0 Å². The molecule has 290 valence electrons. The summed E-state index contributed by atoms with van der Waals surface area (Å²) in [4.78, 5) is 0. The maximum atomic E-state index is 6.63. The second-order valence-electron chi connectivity index (χ2n) is 17.4. The van der Waals surface area contributed by atoms with Crippen molar-refractivity contribution in [2.75, 3.05) is 0 Å². The van der Waals surface area contributed by atoms with Gasteiger partial charge in [-0.15, -0.1) is 0 Å². The van der Waals surface area contributed by atoms with E-state index in [4.69, 9.17) is 4.42 Å². The van der Waals surface area contributed by atoms with E-state index >= 15 is 0 Å². The molecule has 62 heavy (non-hydrogen) atoms. The standard InChI is InChI=1S/C61H40O/c1-61(2)58-39(31-16-34-53(58)57-45-25-7-3-20-40(45)41-21-5-12-30-50(41)59(57)61)37-18-15-19-38(36-37)55-46-26-8-10-28-48(46)56(49-29-11-9-27-47(49)55)44-24-6-4-22-42(44)51-32-17-33-52-43-23-13-14-35-54(43)62-60(51)52/h3-36H,1-2H3.